The molecule has 2 N–H and O–H groups in total. The normalized spacial score (nSPS) is 10.1. The fraction of sp³-hybridized carbons (Fsp3) is 0.300. The Kier molecular flexibility index (Phi) is 3.83. The topological polar surface area (TPSA) is 57.5 Å². The van der Waals surface area contributed by atoms with Gasteiger partial charge in [-0.25, -0.2) is 0 Å². The molecule has 0 aliphatic rings. The minimum atomic E-state index is -0.849. The summed E-state index contributed by atoms with van der Waals surface area (Å²) in [6.45, 7) is 0. The molecule has 0 atom stereocenters. The molecule has 14 heavy (non-hydrogen) atoms. The number of phenols is 1. The molecule has 0 bridgehead atoms. The van der Waals surface area contributed by atoms with Crippen molar-refractivity contribution in [1.29, 1.82) is 0 Å². The molecule has 0 amide bonds. The van der Waals surface area contributed by atoms with Crippen molar-refractivity contribution in [2.24, 2.45) is 0 Å². The summed E-state index contributed by atoms with van der Waals surface area (Å²) in [4.78, 5) is 11.3. The van der Waals surface area contributed by atoms with Crippen LogP contribution >= 0.6 is 11.8 Å². The number of benzene rings is 1. The van der Waals surface area contributed by atoms with Gasteiger partial charge in [-0.05, 0) is 30.4 Å². The number of carboxylic acid groups (broad SMARTS) is 1. The van der Waals surface area contributed by atoms with Crippen LogP contribution < -0.4 is 0 Å². The van der Waals surface area contributed by atoms with Gasteiger partial charge in [-0.15, -0.1) is 11.8 Å². The second-order valence-corrected chi connectivity index (χ2v) is 3.77. The Labute approximate surface area is 86.8 Å². The second kappa shape index (κ2) is 4.91. The van der Waals surface area contributed by atoms with Crippen molar-refractivity contribution < 1.29 is 15.0 Å². The second-order valence-electron chi connectivity index (χ2n) is 2.89. The molecule has 0 aromatic heterocycles. The van der Waals surface area contributed by atoms with Crippen molar-refractivity contribution >= 4 is 17.7 Å². The highest BCUT2D eigenvalue weighted by molar-refractivity contribution is 7.98. The smallest absolute Gasteiger partial charge is 0.303 e. The average Bonchev–Trinajstić information content (AvgIpc) is 2.15. The highest BCUT2D eigenvalue weighted by Gasteiger charge is 2.04. The summed E-state index contributed by atoms with van der Waals surface area (Å²) in [6.07, 6.45) is 2.34. The van der Waals surface area contributed by atoms with E-state index in [2.05, 4.69) is 0 Å². The zero-order valence-corrected chi connectivity index (χ0v) is 8.67. The number of aromatic hydroxyl groups is 1. The van der Waals surface area contributed by atoms with Crippen LogP contribution in [0.4, 0.5) is 0 Å². The van der Waals surface area contributed by atoms with Gasteiger partial charge < -0.3 is 10.2 Å². The first kappa shape index (κ1) is 10.9. The highest BCUT2D eigenvalue weighted by Crippen LogP contribution is 2.25. The number of rotatable bonds is 4. The van der Waals surface area contributed by atoms with Crippen molar-refractivity contribution in [3.63, 3.8) is 0 Å². The van der Waals surface area contributed by atoms with Gasteiger partial charge in [0, 0.05) is 11.3 Å². The Balaban J connectivity index is 2.73. The highest BCUT2D eigenvalue weighted by atomic mass is 32.2. The van der Waals surface area contributed by atoms with Gasteiger partial charge in [0.15, 0.2) is 0 Å². The molecule has 1 aromatic rings. The van der Waals surface area contributed by atoms with Crippen molar-refractivity contribution in [3.05, 3.63) is 23.8 Å². The van der Waals surface area contributed by atoms with Gasteiger partial charge in [0.2, 0.25) is 0 Å². The summed E-state index contributed by atoms with van der Waals surface area (Å²) in [6, 6.07) is 5.30. The predicted molar refractivity (Wildman–Crippen MR) is 55.8 cm³/mol. The lowest BCUT2D eigenvalue weighted by Crippen LogP contribution is -1.97. The number of phenolic OH excluding ortho intramolecular Hbond substituents is 1. The predicted octanol–water partition coefficient (Wildman–Crippen LogP) is 2.13. The fourth-order valence-electron chi connectivity index (χ4n) is 1.12. The summed E-state index contributed by atoms with van der Waals surface area (Å²) in [5.74, 6) is -0.670. The lowest BCUT2D eigenvalue weighted by molar-refractivity contribution is -0.136. The van der Waals surface area contributed by atoms with E-state index in [-0.39, 0.29) is 12.2 Å². The van der Waals surface area contributed by atoms with E-state index >= 15 is 0 Å². The molecular formula is C10H12O3S. The maximum absolute atomic E-state index is 10.3. The number of aryl methyl sites for hydroxylation is 1. The van der Waals surface area contributed by atoms with Crippen LogP contribution in [0.3, 0.4) is 0 Å². The lowest BCUT2D eigenvalue weighted by Gasteiger charge is -2.04. The van der Waals surface area contributed by atoms with Crippen LogP contribution in [0.25, 0.3) is 0 Å². The van der Waals surface area contributed by atoms with Crippen LogP contribution in [0, 0.1) is 0 Å². The fourth-order valence-corrected chi connectivity index (χ4v) is 1.56. The summed E-state index contributed by atoms with van der Waals surface area (Å²) < 4.78 is 0. The van der Waals surface area contributed by atoms with Crippen molar-refractivity contribution in [2.45, 2.75) is 17.7 Å². The van der Waals surface area contributed by atoms with Gasteiger partial charge in [-0.2, -0.15) is 0 Å². The maximum atomic E-state index is 10.3. The van der Waals surface area contributed by atoms with Crippen LogP contribution in [0.1, 0.15) is 12.0 Å². The van der Waals surface area contributed by atoms with E-state index in [0.29, 0.717) is 12.0 Å². The quantitative estimate of drug-likeness (QED) is 0.751. The van der Waals surface area contributed by atoms with Crippen LogP contribution in [0.15, 0.2) is 23.1 Å². The van der Waals surface area contributed by atoms with Gasteiger partial charge in [0.05, 0.1) is 0 Å². The Morgan fingerprint density at radius 2 is 2.21 bits per heavy atom. The first-order valence-corrected chi connectivity index (χ1v) is 5.43. The third-order valence-electron chi connectivity index (χ3n) is 1.90. The standard InChI is InChI=1S/C10H12O3S/c1-14-8-4-2-7(9(11)6-8)3-5-10(12)13/h2,4,6,11H,3,5H2,1H3,(H,12,13). The SMILES string of the molecule is CSc1ccc(CCC(=O)O)c(O)c1. The van der Waals surface area contributed by atoms with Crippen molar-refractivity contribution in [2.75, 3.05) is 6.26 Å². The van der Waals surface area contributed by atoms with E-state index in [1.807, 2.05) is 12.3 Å². The van der Waals surface area contributed by atoms with Crippen LogP contribution in [0.5, 0.6) is 5.75 Å². The summed E-state index contributed by atoms with van der Waals surface area (Å²) >= 11 is 1.54. The lowest BCUT2D eigenvalue weighted by atomic mass is 10.1. The van der Waals surface area contributed by atoms with Crippen molar-refractivity contribution in [3.8, 4) is 5.75 Å². The first-order chi connectivity index (χ1) is 6.63. The van der Waals surface area contributed by atoms with Crippen LogP contribution in [-0.4, -0.2) is 22.4 Å². The van der Waals surface area contributed by atoms with E-state index in [9.17, 15) is 9.90 Å². The molecule has 76 valence electrons. The van der Waals surface area contributed by atoms with E-state index < -0.39 is 5.97 Å². The molecule has 1 aromatic carbocycles. The summed E-state index contributed by atoms with van der Waals surface area (Å²) in [7, 11) is 0. The zero-order chi connectivity index (χ0) is 10.6. The molecule has 0 saturated heterocycles. The molecule has 0 saturated carbocycles. The van der Waals surface area contributed by atoms with E-state index in [4.69, 9.17) is 5.11 Å². The van der Waals surface area contributed by atoms with Gasteiger partial charge in [-0.3, -0.25) is 4.79 Å². The number of thioether (sulfide) groups is 1. The molecule has 4 heteroatoms. The van der Waals surface area contributed by atoms with Gasteiger partial charge in [0.1, 0.15) is 5.75 Å². The minimum absolute atomic E-state index is 0.0478. The van der Waals surface area contributed by atoms with E-state index in [1.54, 1.807) is 12.1 Å². The van der Waals surface area contributed by atoms with Crippen LogP contribution in [0.2, 0.25) is 0 Å². The number of hydrogen-bond acceptors (Lipinski definition) is 3. The Bertz CT molecular complexity index is 336. The monoisotopic (exact) mass is 212 g/mol. The third-order valence-corrected chi connectivity index (χ3v) is 2.63. The molecule has 0 radical (unpaired) electrons. The molecule has 0 spiro atoms. The van der Waals surface area contributed by atoms with Gasteiger partial charge >= 0.3 is 5.97 Å². The van der Waals surface area contributed by atoms with Crippen LogP contribution in [-0.2, 0) is 11.2 Å². The van der Waals surface area contributed by atoms with Gasteiger partial charge in [0.25, 0.3) is 0 Å². The number of hydrogen-bond donors (Lipinski definition) is 2. The maximum Gasteiger partial charge on any atom is 0.303 e. The minimum Gasteiger partial charge on any atom is -0.508 e. The Morgan fingerprint density at radius 3 is 2.71 bits per heavy atom. The third kappa shape index (κ3) is 2.96. The van der Waals surface area contributed by atoms with Crippen molar-refractivity contribution in [1.82, 2.24) is 0 Å². The van der Waals surface area contributed by atoms with E-state index in [0.717, 1.165) is 4.90 Å². The average molecular weight is 212 g/mol. The molecule has 3 nitrogen and oxygen atoms in total. The molecule has 0 aliphatic carbocycles. The Hall–Kier alpha value is -1.16. The molecule has 1 rings (SSSR count). The first-order valence-electron chi connectivity index (χ1n) is 4.21. The summed E-state index contributed by atoms with van der Waals surface area (Å²) in [5.41, 5.74) is 0.685. The van der Waals surface area contributed by atoms with E-state index in [1.165, 1.54) is 11.8 Å². The molecular weight excluding hydrogens is 200 g/mol. The van der Waals surface area contributed by atoms with Gasteiger partial charge in [-0.1, -0.05) is 6.07 Å². The largest absolute Gasteiger partial charge is 0.508 e. The molecule has 0 fully saturated rings. The zero-order valence-electron chi connectivity index (χ0n) is 7.86. The molecule has 0 unspecified atom stereocenters. The number of aliphatic carboxylic acids is 1. The number of carbonyl (C=O) groups is 1. The summed E-state index contributed by atoms with van der Waals surface area (Å²) in [5, 5.41) is 18.0. The number of carboxylic acids is 1. The molecule has 0 aliphatic heterocycles. The molecule has 0 heterocycles. The Morgan fingerprint density at radius 1 is 1.50 bits per heavy atom.